The fraction of sp³-hybridized carbons (Fsp3) is 0.250. The summed E-state index contributed by atoms with van der Waals surface area (Å²) < 4.78 is 28.6. The number of hydrogen-bond donors (Lipinski definition) is 0. The zero-order valence-electron chi connectivity index (χ0n) is 7.25. The molecule has 1 aromatic carbocycles. The first-order chi connectivity index (χ1) is 5.90. The zero-order valence-corrected chi connectivity index (χ0v) is 9.65. The Hall–Kier alpha value is -0.420. The summed E-state index contributed by atoms with van der Waals surface area (Å²) in [5, 5.41) is 0. The summed E-state index contributed by atoms with van der Waals surface area (Å²) in [6, 6.07) is 4.71. The van der Waals surface area contributed by atoms with Crippen molar-refractivity contribution in [2.75, 3.05) is 12.5 Å². The summed E-state index contributed by atoms with van der Waals surface area (Å²) >= 11 is 3.03. The van der Waals surface area contributed by atoms with Gasteiger partial charge in [0.05, 0.1) is 4.47 Å². The van der Waals surface area contributed by atoms with Crippen LogP contribution in [-0.2, 0) is 9.73 Å². The van der Waals surface area contributed by atoms with Crippen LogP contribution in [0.1, 0.15) is 0 Å². The molecule has 5 heteroatoms. The number of nitrogens with zero attached hydrogens (tertiary/aromatic N) is 1. The average Bonchev–Trinajstić information content (AvgIpc) is 1.96. The molecule has 1 aromatic rings. The highest BCUT2D eigenvalue weighted by Gasteiger charge is 2.05. The summed E-state index contributed by atoms with van der Waals surface area (Å²) in [6.45, 7) is 0. The minimum Gasteiger partial charge on any atom is -0.250 e. The van der Waals surface area contributed by atoms with Crippen LogP contribution in [0, 0.1) is 5.82 Å². The summed E-state index contributed by atoms with van der Waals surface area (Å²) in [6.07, 6.45) is 2.93. The van der Waals surface area contributed by atoms with E-state index in [1.807, 2.05) is 0 Å². The Labute approximate surface area is 85.5 Å². The predicted octanol–water partition coefficient (Wildman–Crippen LogP) is 2.95. The normalized spacial score (nSPS) is 11.4. The van der Waals surface area contributed by atoms with E-state index in [0.29, 0.717) is 4.47 Å². The third kappa shape index (κ3) is 3.08. The van der Waals surface area contributed by atoms with Crippen LogP contribution in [0.25, 0.3) is 0 Å². The maximum Gasteiger partial charge on any atom is 0.163 e. The van der Waals surface area contributed by atoms with Gasteiger partial charge in [-0.05, 0) is 28.1 Å². The maximum absolute atomic E-state index is 13.3. The van der Waals surface area contributed by atoms with Gasteiger partial charge in [0.1, 0.15) is 5.69 Å². The highest BCUT2D eigenvalue weighted by Crippen LogP contribution is 2.25. The molecule has 0 unspecified atom stereocenters. The molecule has 0 amide bonds. The summed E-state index contributed by atoms with van der Waals surface area (Å²) in [5.74, 6) is -0.473. The molecule has 0 bridgehead atoms. The molecule has 0 N–H and O–H groups in total. The van der Waals surface area contributed by atoms with Crippen molar-refractivity contribution in [3.05, 3.63) is 28.5 Å². The van der Waals surface area contributed by atoms with Crippen LogP contribution >= 0.6 is 15.9 Å². The van der Waals surface area contributed by atoms with Crippen LogP contribution in [0.15, 0.2) is 27.0 Å². The molecular formula is C8H9BrFNOS. The molecule has 0 atom stereocenters. The highest BCUT2D eigenvalue weighted by atomic mass is 79.9. The van der Waals surface area contributed by atoms with Crippen molar-refractivity contribution in [1.82, 2.24) is 0 Å². The Balaban J connectivity index is 3.34. The van der Waals surface area contributed by atoms with Gasteiger partial charge in [0.2, 0.25) is 0 Å². The van der Waals surface area contributed by atoms with Crippen LogP contribution < -0.4 is 0 Å². The van der Waals surface area contributed by atoms with Crippen molar-refractivity contribution in [1.29, 1.82) is 0 Å². The van der Waals surface area contributed by atoms with Gasteiger partial charge in [-0.2, -0.15) is 4.36 Å². The molecule has 0 saturated carbocycles. The Morgan fingerprint density at radius 2 is 2.08 bits per heavy atom. The van der Waals surface area contributed by atoms with E-state index in [2.05, 4.69) is 20.3 Å². The van der Waals surface area contributed by atoms with E-state index in [0.717, 1.165) is 0 Å². The van der Waals surface area contributed by atoms with Crippen molar-refractivity contribution < 1.29 is 8.60 Å². The van der Waals surface area contributed by atoms with Gasteiger partial charge in [0.15, 0.2) is 5.82 Å². The van der Waals surface area contributed by atoms with E-state index in [1.54, 1.807) is 12.1 Å². The van der Waals surface area contributed by atoms with E-state index in [4.69, 9.17) is 0 Å². The van der Waals surface area contributed by atoms with Gasteiger partial charge in [0, 0.05) is 22.2 Å². The lowest BCUT2D eigenvalue weighted by atomic mass is 10.3. The molecular weight excluding hydrogens is 257 g/mol. The van der Waals surface area contributed by atoms with Gasteiger partial charge in [-0.15, -0.1) is 0 Å². The minimum absolute atomic E-state index is 0.129. The lowest BCUT2D eigenvalue weighted by molar-refractivity contribution is 0.623. The molecule has 0 fully saturated rings. The molecule has 0 saturated heterocycles. The fourth-order valence-electron chi connectivity index (χ4n) is 0.800. The molecule has 2 nitrogen and oxygen atoms in total. The van der Waals surface area contributed by atoms with Crippen molar-refractivity contribution >= 4 is 31.3 Å². The van der Waals surface area contributed by atoms with E-state index >= 15 is 0 Å². The predicted molar refractivity (Wildman–Crippen MR) is 56.2 cm³/mol. The lowest BCUT2D eigenvalue weighted by Gasteiger charge is -1.99. The summed E-state index contributed by atoms with van der Waals surface area (Å²) in [5.41, 5.74) is 0.129. The minimum atomic E-state index is -2.30. The highest BCUT2D eigenvalue weighted by molar-refractivity contribution is 9.10. The first kappa shape index (κ1) is 10.7. The second-order valence-corrected chi connectivity index (χ2v) is 6.24. The molecule has 0 aromatic heterocycles. The van der Waals surface area contributed by atoms with E-state index in [9.17, 15) is 8.60 Å². The zero-order chi connectivity index (χ0) is 10.1. The third-order valence-corrected chi connectivity index (χ3v) is 2.50. The summed E-state index contributed by atoms with van der Waals surface area (Å²) in [4.78, 5) is 0. The van der Waals surface area contributed by atoms with Gasteiger partial charge in [-0.3, -0.25) is 0 Å². The average molecular weight is 266 g/mol. The smallest absolute Gasteiger partial charge is 0.163 e. The van der Waals surface area contributed by atoms with Crippen LogP contribution in [-0.4, -0.2) is 16.7 Å². The Morgan fingerprint density at radius 3 is 2.62 bits per heavy atom. The monoisotopic (exact) mass is 265 g/mol. The largest absolute Gasteiger partial charge is 0.250 e. The molecule has 72 valence electrons. The third-order valence-electron chi connectivity index (χ3n) is 1.25. The van der Waals surface area contributed by atoms with Crippen LogP contribution in [0.4, 0.5) is 10.1 Å². The topological polar surface area (TPSA) is 29.4 Å². The molecule has 1 rings (SSSR count). The second-order valence-electron chi connectivity index (χ2n) is 2.85. The fourth-order valence-corrected chi connectivity index (χ4v) is 1.77. The van der Waals surface area contributed by atoms with Crippen molar-refractivity contribution in [3.63, 3.8) is 0 Å². The number of benzene rings is 1. The van der Waals surface area contributed by atoms with E-state index in [1.165, 1.54) is 18.6 Å². The molecule has 0 spiro atoms. The number of rotatable bonds is 1. The molecule has 0 aliphatic carbocycles. The molecule has 0 aliphatic heterocycles. The summed E-state index contributed by atoms with van der Waals surface area (Å²) in [7, 11) is -2.30. The standard InChI is InChI=1S/C8H9BrFNOS/c1-13(2,12)11-7-5-3-4-6(9)8(7)10/h3-5H,1-2H3. The van der Waals surface area contributed by atoms with Crippen LogP contribution in [0.5, 0.6) is 0 Å². The molecule has 0 heterocycles. The van der Waals surface area contributed by atoms with Crippen molar-refractivity contribution in [2.24, 2.45) is 4.36 Å². The molecule has 0 aliphatic rings. The van der Waals surface area contributed by atoms with Crippen LogP contribution in [0.2, 0.25) is 0 Å². The second kappa shape index (κ2) is 3.75. The number of hydrogen-bond acceptors (Lipinski definition) is 2. The van der Waals surface area contributed by atoms with Gasteiger partial charge < -0.3 is 0 Å². The van der Waals surface area contributed by atoms with Crippen LogP contribution in [0.3, 0.4) is 0 Å². The number of halogens is 2. The first-order valence-corrected chi connectivity index (χ1v) is 6.64. The van der Waals surface area contributed by atoms with E-state index < -0.39 is 15.5 Å². The maximum atomic E-state index is 13.3. The SMILES string of the molecule is CS(C)(=O)=Nc1cccc(Br)c1F. The van der Waals surface area contributed by atoms with Gasteiger partial charge in [-0.1, -0.05) is 6.07 Å². The van der Waals surface area contributed by atoms with Gasteiger partial charge in [-0.25, -0.2) is 8.60 Å². The van der Waals surface area contributed by atoms with Crippen molar-refractivity contribution in [3.8, 4) is 0 Å². The molecule has 13 heavy (non-hydrogen) atoms. The quantitative estimate of drug-likeness (QED) is 0.768. The van der Waals surface area contributed by atoms with Gasteiger partial charge >= 0.3 is 0 Å². The van der Waals surface area contributed by atoms with Crippen molar-refractivity contribution in [2.45, 2.75) is 0 Å². The Morgan fingerprint density at radius 1 is 1.46 bits per heavy atom. The Bertz CT molecular complexity index is 430. The molecule has 0 radical (unpaired) electrons. The van der Waals surface area contributed by atoms with E-state index in [-0.39, 0.29) is 5.69 Å². The first-order valence-electron chi connectivity index (χ1n) is 3.51. The Kier molecular flexibility index (Phi) is 3.08. The van der Waals surface area contributed by atoms with Gasteiger partial charge in [0.25, 0.3) is 0 Å². The lowest BCUT2D eigenvalue weighted by Crippen LogP contribution is -1.90.